The van der Waals surface area contributed by atoms with Crippen molar-refractivity contribution in [3.8, 4) is 0 Å². The SMILES string of the molecule is CC1CC(=O)NN=C1c1ccc(NC(=O)OCC(C)(C)Cl)cc1. The van der Waals surface area contributed by atoms with Crippen molar-refractivity contribution in [2.45, 2.75) is 32.1 Å². The normalized spacial score (nSPS) is 18.0. The van der Waals surface area contributed by atoms with E-state index in [0.29, 0.717) is 12.1 Å². The standard InChI is InChI=1S/C16H20ClN3O3/c1-10-8-13(21)19-20-14(10)11-4-6-12(7-5-11)18-15(22)23-9-16(2,3)17/h4-7,10H,8-9H2,1-3H3,(H,18,22)(H,19,21). The van der Waals surface area contributed by atoms with Crippen molar-refractivity contribution in [1.29, 1.82) is 0 Å². The van der Waals surface area contributed by atoms with Gasteiger partial charge in [-0.05, 0) is 31.5 Å². The Morgan fingerprint density at radius 2 is 2.09 bits per heavy atom. The van der Waals surface area contributed by atoms with Crippen molar-refractivity contribution in [1.82, 2.24) is 5.43 Å². The quantitative estimate of drug-likeness (QED) is 0.828. The van der Waals surface area contributed by atoms with Crippen LogP contribution in [0.15, 0.2) is 29.4 Å². The molecule has 2 amide bonds. The molecule has 0 aromatic heterocycles. The molecule has 1 aliphatic heterocycles. The lowest BCUT2D eigenvalue weighted by Crippen LogP contribution is -2.31. The molecule has 0 spiro atoms. The van der Waals surface area contributed by atoms with Gasteiger partial charge in [-0.15, -0.1) is 11.6 Å². The lowest BCUT2D eigenvalue weighted by molar-refractivity contribution is -0.121. The van der Waals surface area contributed by atoms with Gasteiger partial charge in [0.05, 0.1) is 10.6 Å². The number of benzene rings is 1. The van der Waals surface area contributed by atoms with E-state index in [-0.39, 0.29) is 18.4 Å². The number of hydrogen-bond donors (Lipinski definition) is 2. The number of amides is 2. The average molecular weight is 338 g/mol. The predicted octanol–water partition coefficient (Wildman–Crippen LogP) is 3.11. The highest BCUT2D eigenvalue weighted by atomic mass is 35.5. The maximum atomic E-state index is 11.7. The molecular weight excluding hydrogens is 318 g/mol. The summed E-state index contributed by atoms with van der Waals surface area (Å²) in [7, 11) is 0. The molecule has 1 aliphatic rings. The van der Waals surface area contributed by atoms with Gasteiger partial charge in [0.15, 0.2) is 0 Å². The van der Waals surface area contributed by atoms with Crippen molar-refractivity contribution in [2.75, 3.05) is 11.9 Å². The molecule has 0 saturated heterocycles. The molecule has 0 fully saturated rings. The molecule has 1 aromatic carbocycles. The summed E-state index contributed by atoms with van der Waals surface area (Å²) in [6.45, 7) is 5.60. The summed E-state index contributed by atoms with van der Waals surface area (Å²) in [5.74, 6) is -0.0250. The number of halogens is 1. The molecule has 1 unspecified atom stereocenters. The van der Waals surface area contributed by atoms with Gasteiger partial charge in [-0.25, -0.2) is 10.2 Å². The third-order valence-corrected chi connectivity index (χ3v) is 3.34. The fourth-order valence-corrected chi connectivity index (χ4v) is 2.17. The molecule has 2 N–H and O–H groups in total. The number of hydrazone groups is 1. The topological polar surface area (TPSA) is 79.8 Å². The molecule has 0 radical (unpaired) electrons. The van der Waals surface area contributed by atoms with E-state index in [1.807, 2.05) is 19.1 Å². The predicted molar refractivity (Wildman–Crippen MR) is 89.8 cm³/mol. The summed E-state index contributed by atoms with van der Waals surface area (Å²) in [6, 6.07) is 7.20. The van der Waals surface area contributed by atoms with Crippen LogP contribution in [-0.4, -0.2) is 29.2 Å². The first kappa shape index (κ1) is 17.3. The molecule has 23 heavy (non-hydrogen) atoms. The van der Waals surface area contributed by atoms with Crippen LogP contribution >= 0.6 is 11.6 Å². The average Bonchev–Trinajstić information content (AvgIpc) is 2.46. The number of alkyl halides is 1. The summed E-state index contributed by atoms with van der Waals surface area (Å²) >= 11 is 5.96. The van der Waals surface area contributed by atoms with E-state index in [9.17, 15) is 9.59 Å². The van der Waals surface area contributed by atoms with Crippen LogP contribution in [-0.2, 0) is 9.53 Å². The van der Waals surface area contributed by atoms with E-state index in [2.05, 4.69) is 15.8 Å². The summed E-state index contributed by atoms with van der Waals surface area (Å²) in [5.41, 5.74) is 4.82. The highest BCUT2D eigenvalue weighted by Gasteiger charge is 2.21. The third-order valence-electron chi connectivity index (χ3n) is 3.23. The second-order valence-electron chi connectivity index (χ2n) is 6.13. The van der Waals surface area contributed by atoms with Crippen molar-refractivity contribution < 1.29 is 14.3 Å². The maximum absolute atomic E-state index is 11.7. The highest BCUT2D eigenvalue weighted by molar-refractivity contribution is 6.23. The van der Waals surface area contributed by atoms with Gasteiger partial charge < -0.3 is 4.74 Å². The Balaban J connectivity index is 1.97. The van der Waals surface area contributed by atoms with Gasteiger partial charge in [0.1, 0.15) is 6.61 Å². The van der Waals surface area contributed by atoms with Crippen LogP contribution in [0.5, 0.6) is 0 Å². The summed E-state index contributed by atoms with van der Waals surface area (Å²) < 4.78 is 5.03. The van der Waals surface area contributed by atoms with Crippen LogP contribution in [0.3, 0.4) is 0 Å². The van der Waals surface area contributed by atoms with Gasteiger partial charge >= 0.3 is 6.09 Å². The van der Waals surface area contributed by atoms with Crippen LogP contribution in [0.2, 0.25) is 0 Å². The smallest absolute Gasteiger partial charge is 0.411 e. The number of carbonyl (C=O) groups is 2. The first-order valence-electron chi connectivity index (χ1n) is 7.34. The summed E-state index contributed by atoms with van der Waals surface area (Å²) in [6.07, 6.45) is -0.138. The number of nitrogens with one attached hydrogen (secondary N) is 2. The van der Waals surface area contributed by atoms with E-state index in [0.717, 1.165) is 11.3 Å². The zero-order valence-corrected chi connectivity index (χ0v) is 14.1. The van der Waals surface area contributed by atoms with Crippen LogP contribution in [0.4, 0.5) is 10.5 Å². The number of hydrogen-bond acceptors (Lipinski definition) is 4. The van der Waals surface area contributed by atoms with Crippen molar-refractivity contribution in [3.05, 3.63) is 29.8 Å². The first-order chi connectivity index (χ1) is 10.7. The van der Waals surface area contributed by atoms with Gasteiger partial charge in [-0.1, -0.05) is 19.1 Å². The molecule has 124 valence electrons. The van der Waals surface area contributed by atoms with Crippen LogP contribution < -0.4 is 10.7 Å². The number of carbonyl (C=O) groups excluding carboxylic acids is 2. The van der Waals surface area contributed by atoms with Crippen molar-refractivity contribution in [3.63, 3.8) is 0 Å². The van der Waals surface area contributed by atoms with Gasteiger partial charge in [0.25, 0.3) is 0 Å². The van der Waals surface area contributed by atoms with E-state index >= 15 is 0 Å². The van der Waals surface area contributed by atoms with E-state index in [4.69, 9.17) is 16.3 Å². The summed E-state index contributed by atoms with van der Waals surface area (Å²) in [4.78, 5) is 22.3. The Hall–Kier alpha value is -2.08. The minimum Gasteiger partial charge on any atom is -0.447 e. The molecule has 0 aliphatic carbocycles. The number of rotatable bonds is 4. The Morgan fingerprint density at radius 1 is 1.43 bits per heavy atom. The van der Waals surface area contributed by atoms with Gasteiger partial charge in [0, 0.05) is 18.0 Å². The number of nitrogens with zero attached hydrogens (tertiary/aromatic N) is 1. The third kappa shape index (κ3) is 5.25. The van der Waals surface area contributed by atoms with Gasteiger partial charge in [0.2, 0.25) is 5.91 Å². The van der Waals surface area contributed by atoms with Gasteiger partial charge in [-0.2, -0.15) is 5.10 Å². The fourth-order valence-electron chi connectivity index (χ4n) is 2.12. The van der Waals surface area contributed by atoms with Crippen LogP contribution in [0.1, 0.15) is 32.8 Å². The Kier molecular flexibility index (Phi) is 5.26. The Morgan fingerprint density at radius 3 is 2.65 bits per heavy atom. The molecule has 2 rings (SSSR count). The summed E-state index contributed by atoms with van der Waals surface area (Å²) in [5, 5.41) is 6.73. The maximum Gasteiger partial charge on any atom is 0.411 e. The molecule has 0 saturated carbocycles. The van der Waals surface area contributed by atoms with E-state index in [1.165, 1.54) is 0 Å². The molecule has 1 atom stereocenters. The van der Waals surface area contributed by atoms with Crippen LogP contribution in [0.25, 0.3) is 0 Å². The minimum atomic E-state index is -0.596. The second-order valence-corrected chi connectivity index (χ2v) is 7.16. The lowest BCUT2D eigenvalue weighted by Gasteiger charge is -2.19. The molecule has 7 heteroatoms. The van der Waals surface area contributed by atoms with E-state index in [1.54, 1.807) is 26.0 Å². The Bertz CT molecular complexity index is 620. The molecule has 6 nitrogen and oxygen atoms in total. The van der Waals surface area contributed by atoms with Gasteiger partial charge in [-0.3, -0.25) is 10.1 Å². The minimum absolute atomic E-state index is 0.0541. The molecule has 0 bridgehead atoms. The molecule has 1 aromatic rings. The largest absolute Gasteiger partial charge is 0.447 e. The van der Waals surface area contributed by atoms with Crippen molar-refractivity contribution >= 4 is 35.0 Å². The molecular formula is C16H20ClN3O3. The number of ether oxygens (including phenoxy) is 1. The highest BCUT2D eigenvalue weighted by Crippen LogP contribution is 2.19. The van der Waals surface area contributed by atoms with E-state index < -0.39 is 11.0 Å². The fraction of sp³-hybridized carbons (Fsp3) is 0.438. The zero-order chi connectivity index (χ0) is 17.0. The lowest BCUT2D eigenvalue weighted by atomic mass is 9.94. The molecule has 1 heterocycles. The Labute approximate surface area is 140 Å². The zero-order valence-electron chi connectivity index (χ0n) is 13.4. The first-order valence-corrected chi connectivity index (χ1v) is 7.72. The number of anilines is 1. The van der Waals surface area contributed by atoms with Crippen molar-refractivity contribution in [2.24, 2.45) is 11.0 Å². The monoisotopic (exact) mass is 337 g/mol. The van der Waals surface area contributed by atoms with Crippen LogP contribution in [0, 0.1) is 5.92 Å². The second kappa shape index (κ2) is 7.00.